The molecule has 1 aromatic heterocycles. The fourth-order valence-electron chi connectivity index (χ4n) is 1.70. The Kier molecular flexibility index (Phi) is 3.29. The van der Waals surface area contributed by atoms with Gasteiger partial charge in [0.25, 0.3) is 0 Å². The Labute approximate surface area is 93.9 Å². The molecular weight excluding hydrogens is 216 g/mol. The fourth-order valence-corrected chi connectivity index (χ4v) is 2.78. The molecule has 0 atom stereocenters. The third kappa shape index (κ3) is 2.04. The summed E-state index contributed by atoms with van der Waals surface area (Å²) in [5, 5.41) is 3.25. The van der Waals surface area contributed by atoms with Crippen molar-refractivity contribution in [3.8, 4) is 0 Å². The standard InChI is InChI=1S/C10H15ClN2S/c1-8-7-14-10(12-8)13(6-5-11)9-3-2-4-9/h7,9H,2-6H2,1H3. The van der Waals surface area contributed by atoms with Gasteiger partial charge < -0.3 is 4.90 Å². The Balaban J connectivity index is 2.09. The van der Waals surface area contributed by atoms with E-state index in [0.717, 1.165) is 17.4 Å². The highest BCUT2D eigenvalue weighted by Gasteiger charge is 2.26. The van der Waals surface area contributed by atoms with Crippen molar-refractivity contribution < 1.29 is 0 Å². The fraction of sp³-hybridized carbons (Fsp3) is 0.700. The number of alkyl halides is 1. The molecule has 0 amide bonds. The topological polar surface area (TPSA) is 16.1 Å². The molecule has 0 saturated heterocycles. The van der Waals surface area contributed by atoms with E-state index in [1.165, 1.54) is 19.3 Å². The molecule has 1 fully saturated rings. The van der Waals surface area contributed by atoms with Crippen LogP contribution in [0.4, 0.5) is 5.13 Å². The third-order valence-corrected chi connectivity index (χ3v) is 3.86. The first kappa shape index (κ1) is 10.2. The molecule has 14 heavy (non-hydrogen) atoms. The summed E-state index contributed by atoms with van der Waals surface area (Å²) in [6.45, 7) is 2.97. The first-order chi connectivity index (χ1) is 6.81. The van der Waals surface area contributed by atoms with Gasteiger partial charge in [0.1, 0.15) is 0 Å². The molecule has 78 valence electrons. The average molecular weight is 231 g/mol. The number of hydrogen-bond acceptors (Lipinski definition) is 3. The minimum atomic E-state index is 0.690. The molecule has 0 aliphatic heterocycles. The van der Waals surface area contributed by atoms with Crippen molar-refractivity contribution in [3.05, 3.63) is 11.1 Å². The lowest BCUT2D eigenvalue weighted by Gasteiger charge is -2.37. The molecule has 1 saturated carbocycles. The molecule has 2 rings (SSSR count). The van der Waals surface area contributed by atoms with Crippen molar-refractivity contribution in [2.24, 2.45) is 0 Å². The van der Waals surface area contributed by atoms with Crippen molar-refractivity contribution >= 4 is 28.1 Å². The second-order valence-corrected chi connectivity index (χ2v) is 4.95. The van der Waals surface area contributed by atoms with E-state index >= 15 is 0 Å². The van der Waals surface area contributed by atoms with Crippen molar-refractivity contribution in [1.29, 1.82) is 0 Å². The minimum Gasteiger partial charge on any atom is -0.344 e. The van der Waals surface area contributed by atoms with Gasteiger partial charge in [-0.05, 0) is 26.2 Å². The van der Waals surface area contributed by atoms with E-state index < -0.39 is 0 Å². The van der Waals surface area contributed by atoms with Crippen LogP contribution in [0, 0.1) is 6.92 Å². The summed E-state index contributed by atoms with van der Waals surface area (Å²) >= 11 is 7.54. The SMILES string of the molecule is Cc1csc(N(CCCl)C2CCC2)n1. The lowest BCUT2D eigenvalue weighted by atomic mass is 9.92. The molecule has 1 aliphatic rings. The van der Waals surface area contributed by atoms with Crippen LogP contribution in [0.5, 0.6) is 0 Å². The molecular formula is C10H15ClN2S. The predicted molar refractivity (Wildman–Crippen MR) is 62.6 cm³/mol. The maximum atomic E-state index is 5.81. The molecule has 1 aliphatic carbocycles. The molecule has 2 nitrogen and oxygen atoms in total. The van der Waals surface area contributed by atoms with Gasteiger partial charge in [0.2, 0.25) is 0 Å². The summed E-state index contributed by atoms with van der Waals surface area (Å²) in [6.07, 6.45) is 3.96. The quantitative estimate of drug-likeness (QED) is 0.740. The van der Waals surface area contributed by atoms with Crippen LogP contribution in [0.25, 0.3) is 0 Å². The van der Waals surface area contributed by atoms with Crippen LogP contribution in [0.15, 0.2) is 5.38 Å². The van der Waals surface area contributed by atoms with Gasteiger partial charge in [-0.15, -0.1) is 22.9 Å². The predicted octanol–water partition coefficient (Wildman–Crippen LogP) is 3.05. The Morgan fingerprint density at radius 1 is 1.64 bits per heavy atom. The molecule has 4 heteroatoms. The molecule has 0 bridgehead atoms. The largest absolute Gasteiger partial charge is 0.344 e. The first-order valence-electron chi connectivity index (χ1n) is 5.06. The van der Waals surface area contributed by atoms with Crippen molar-refractivity contribution in [3.63, 3.8) is 0 Å². The normalized spacial score (nSPS) is 16.7. The Hall–Kier alpha value is -0.280. The molecule has 1 heterocycles. The van der Waals surface area contributed by atoms with Gasteiger partial charge in [-0.3, -0.25) is 0 Å². The zero-order valence-electron chi connectivity index (χ0n) is 8.37. The maximum absolute atomic E-state index is 5.81. The van der Waals surface area contributed by atoms with Crippen LogP contribution < -0.4 is 4.90 Å². The number of rotatable bonds is 4. The van der Waals surface area contributed by atoms with E-state index in [-0.39, 0.29) is 0 Å². The molecule has 1 aromatic rings. The zero-order chi connectivity index (χ0) is 9.97. The second kappa shape index (κ2) is 4.49. The van der Waals surface area contributed by atoms with E-state index in [1.54, 1.807) is 11.3 Å². The number of nitrogens with zero attached hydrogens (tertiary/aromatic N) is 2. The highest BCUT2D eigenvalue weighted by molar-refractivity contribution is 7.13. The summed E-state index contributed by atoms with van der Waals surface area (Å²) < 4.78 is 0. The van der Waals surface area contributed by atoms with Crippen LogP contribution in [-0.4, -0.2) is 23.5 Å². The van der Waals surface area contributed by atoms with E-state index in [4.69, 9.17) is 11.6 Å². The number of aryl methyl sites for hydroxylation is 1. The number of aromatic nitrogens is 1. The highest BCUT2D eigenvalue weighted by Crippen LogP contribution is 2.31. The molecule has 0 aromatic carbocycles. The average Bonchev–Trinajstić information content (AvgIpc) is 2.48. The number of halogens is 1. The van der Waals surface area contributed by atoms with E-state index in [1.807, 2.05) is 6.92 Å². The highest BCUT2D eigenvalue weighted by atomic mass is 35.5. The lowest BCUT2D eigenvalue weighted by Crippen LogP contribution is -2.41. The third-order valence-electron chi connectivity index (χ3n) is 2.69. The number of thiazole rings is 1. The molecule has 0 unspecified atom stereocenters. The van der Waals surface area contributed by atoms with Gasteiger partial charge >= 0.3 is 0 Å². The minimum absolute atomic E-state index is 0.690. The summed E-state index contributed by atoms with van der Waals surface area (Å²) in [4.78, 5) is 6.89. The van der Waals surface area contributed by atoms with Crippen LogP contribution in [0.1, 0.15) is 25.0 Å². The van der Waals surface area contributed by atoms with Crippen LogP contribution in [-0.2, 0) is 0 Å². The van der Waals surface area contributed by atoms with Gasteiger partial charge in [0.05, 0.1) is 5.69 Å². The van der Waals surface area contributed by atoms with Crippen molar-refractivity contribution in [1.82, 2.24) is 4.98 Å². The van der Waals surface area contributed by atoms with Gasteiger partial charge in [-0.25, -0.2) is 4.98 Å². The van der Waals surface area contributed by atoms with Crippen molar-refractivity contribution in [2.45, 2.75) is 32.2 Å². The Morgan fingerprint density at radius 3 is 2.86 bits per heavy atom. The van der Waals surface area contributed by atoms with E-state index in [2.05, 4.69) is 15.3 Å². The van der Waals surface area contributed by atoms with Gasteiger partial charge in [0.15, 0.2) is 5.13 Å². The maximum Gasteiger partial charge on any atom is 0.185 e. The van der Waals surface area contributed by atoms with Gasteiger partial charge in [0, 0.05) is 23.8 Å². The van der Waals surface area contributed by atoms with Crippen LogP contribution in [0.3, 0.4) is 0 Å². The summed E-state index contributed by atoms with van der Waals surface area (Å²) in [5.41, 5.74) is 1.11. The monoisotopic (exact) mass is 230 g/mol. The van der Waals surface area contributed by atoms with Crippen molar-refractivity contribution in [2.75, 3.05) is 17.3 Å². The first-order valence-corrected chi connectivity index (χ1v) is 6.47. The van der Waals surface area contributed by atoms with Gasteiger partial charge in [-0.1, -0.05) is 0 Å². The van der Waals surface area contributed by atoms with Crippen LogP contribution in [0.2, 0.25) is 0 Å². The Bertz CT molecular complexity index is 296. The van der Waals surface area contributed by atoms with Gasteiger partial charge in [-0.2, -0.15) is 0 Å². The molecule has 0 spiro atoms. The summed E-state index contributed by atoms with van der Waals surface area (Å²) in [7, 11) is 0. The zero-order valence-corrected chi connectivity index (χ0v) is 9.94. The summed E-state index contributed by atoms with van der Waals surface area (Å²) in [6, 6.07) is 0.694. The number of hydrogen-bond donors (Lipinski definition) is 0. The van der Waals surface area contributed by atoms with E-state index in [9.17, 15) is 0 Å². The molecule has 0 radical (unpaired) electrons. The summed E-state index contributed by atoms with van der Waals surface area (Å²) in [5.74, 6) is 0.690. The Morgan fingerprint density at radius 2 is 2.43 bits per heavy atom. The lowest BCUT2D eigenvalue weighted by molar-refractivity contribution is 0.390. The second-order valence-electron chi connectivity index (χ2n) is 3.74. The van der Waals surface area contributed by atoms with Crippen LogP contribution >= 0.6 is 22.9 Å². The molecule has 0 N–H and O–H groups in total. The number of anilines is 1. The van der Waals surface area contributed by atoms with E-state index in [0.29, 0.717) is 11.9 Å². The smallest absolute Gasteiger partial charge is 0.185 e.